The molecule has 6 nitrogen and oxygen atoms in total. The molecule has 1 saturated heterocycles. The summed E-state index contributed by atoms with van der Waals surface area (Å²) in [7, 11) is 0. The van der Waals surface area contributed by atoms with E-state index in [9.17, 15) is 18.0 Å². The van der Waals surface area contributed by atoms with Crippen LogP contribution in [0.1, 0.15) is 59.3 Å². The number of hydrogen-bond acceptors (Lipinski definition) is 4. The Labute approximate surface area is 146 Å². The highest BCUT2D eigenvalue weighted by molar-refractivity contribution is 5.98. The summed E-state index contributed by atoms with van der Waals surface area (Å²) in [6, 6.07) is -1.65. The molecule has 0 aromatic carbocycles. The average Bonchev–Trinajstić information content (AvgIpc) is 2.95. The predicted molar refractivity (Wildman–Crippen MR) is 89.6 cm³/mol. The Bertz CT molecular complexity index is 495. The predicted octanol–water partition coefficient (Wildman–Crippen LogP) is 2.18. The number of hydrazine groups is 1. The molecule has 4 N–H and O–H groups in total. The molecule has 1 aliphatic heterocycles. The van der Waals surface area contributed by atoms with Gasteiger partial charge in [-0.1, -0.05) is 19.3 Å². The van der Waals surface area contributed by atoms with Crippen LogP contribution in [0, 0.1) is 5.92 Å². The number of carbonyl (C=O) groups excluding carboxylic acids is 1. The van der Waals surface area contributed by atoms with Crippen molar-refractivity contribution in [3.05, 3.63) is 0 Å². The largest absolute Gasteiger partial charge is 0.405 e. The van der Waals surface area contributed by atoms with Crippen LogP contribution in [0.5, 0.6) is 0 Å². The van der Waals surface area contributed by atoms with Crippen LogP contribution < -0.4 is 21.5 Å². The Morgan fingerprint density at radius 2 is 1.72 bits per heavy atom. The van der Waals surface area contributed by atoms with Gasteiger partial charge < -0.3 is 5.32 Å². The monoisotopic (exact) mass is 363 g/mol. The molecular formula is C16H28F3N5O. The molecule has 2 aliphatic rings. The Morgan fingerprint density at radius 3 is 2.24 bits per heavy atom. The third kappa shape index (κ3) is 6.47. The standard InChI is InChI=1S/C16H28F3N5O/c1-15(2,3)22-14(21-13(25)10-7-5-4-6-8-10)20-12-9-11(23-24-12)16(17,18)19/h10-12,23-24H,4-9H2,1-3H3,(H2,20,21,22,25). The molecule has 25 heavy (non-hydrogen) atoms. The quantitative estimate of drug-likeness (QED) is 0.448. The van der Waals surface area contributed by atoms with Gasteiger partial charge in [0.15, 0.2) is 5.96 Å². The Kier molecular flexibility index (Phi) is 6.31. The van der Waals surface area contributed by atoms with Crippen molar-refractivity contribution in [2.24, 2.45) is 10.9 Å². The van der Waals surface area contributed by atoms with Crippen LogP contribution in [0.25, 0.3) is 0 Å². The fraction of sp³-hybridized carbons (Fsp3) is 0.875. The molecule has 1 amide bonds. The maximum absolute atomic E-state index is 12.8. The summed E-state index contributed by atoms with van der Waals surface area (Å²) < 4.78 is 38.3. The van der Waals surface area contributed by atoms with Gasteiger partial charge in [-0.15, -0.1) is 0 Å². The number of alkyl halides is 3. The number of rotatable bonds is 2. The lowest BCUT2D eigenvalue weighted by molar-refractivity contribution is -0.153. The molecule has 2 atom stereocenters. The van der Waals surface area contributed by atoms with Crippen molar-refractivity contribution in [1.29, 1.82) is 0 Å². The van der Waals surface area contributed by atoms with Crippen molar-refractivity contribution in [1.82, 2.24) is 21.5 Å². The number of halogens is 3. The highest BCUT2D eigenvalue weighted by Gasteiger charge is 2.44. The van der Waals surface area contributed by atoms with Crippen LogP contribution in [0.2, 0.25) is 0 Å². The van der Waals surface area contributed by atoms with E-state index >= 15 is 0 Å². The molecule has 0 spiro atoms. The van der Waals surface area contributed by atoms with E-state index in [1.807, 2.05) is 20.8 Å². The maximum Gasteiger partial charge on any atom is 0.405 e. The van der Waals surface area contributed by atoms with Crippen LogP contribution in [0.4, 0.5) is 13.2 Å². The molecule has 1 aliphatic carbocycles. The van der Waals surface area contributed by atoms with Gasteiger partial charge in [-0.05, 0) is 33.6 Å². The van der Waals surface area contributed by atoms with Crippen molar-refractivity contribution < 1.29 is 18.0 Å². The summed E-state index contributed by atoms with van der Waals surface area (Å²) in [6.45, 7) is 5.69. The molecule has 9 heteroatoms. The van der Waals surface area contributed by atoms with E-state index in [-0.39, 0.29) is 29.7 Å². The van der Waals surface area contributed by atoms with E-state index in [1.165, 1.54) is 0 Å². The molecular weight excluding hydrogens is 335 g/mol. The number of carbonyl (C=O) groups is 1. The second-order valence-electron chi connectivity index (χ2n) is 7.81. The molecule has 0 radical (unpaired) electrons. The normalized spacial score (nSPS) is 26.6. The zero-order chi connectivity index (χ0) is 18.7. The number of hydrogen-bond donors (Lipinski definition) is 4. The van der Waals surface area contributed by atoms with Crippen molar-refractivity contribution in [2.75, 3.05) is 0 Å². The number of nitrogens with zero attached hydrogens (tertiary/aromatic N) is 1. The lowest BCUT2D eigenvalue weighted by atomic mass is 9.89. The van der Waals surface area contributed by atoms with Gasteiger partial charge in [0.2, 0.25) is 5.91 Å². The lowest BCUT2D eigenvalue weighted by Crippen LogP contribution is -2.51. The third-order valence-corrected chi connectivity index (χ3v) is 4.27. The molecule has 144 valence electrons. The molecule has 2 fully saturated rings. The number of guanidine groups is 1. The first-order valence-electron chi connectivity index (χ1n) is 8.79. The van der Waals surface area contributed by atoms with E-state index in [4.69, 9.17) is 0 Å². The van der Waals surface area contributed by atoms with Crippen molar-refractivity contribution in [3.8, 4) is 0 Å². The fourth-order valence-electron chi connectivity index (χ4n) is 3.03. The van der Waals surface area contributed by atoms with Gasteiger partial charge in [0.05, 0.1) is 0 Å². The first-order chi connectivity index (χ1) is 11.5. The molecule has 0 bridgehead atoms. The van der Waals surface area contributed by atoms with Gasteiger partial charge in [-0.25, -0.2) is 15.8 Å². The van der Waals surface area contributed by atoms with Crippen LogP contribution in [-0.4, -0.2) is 35.8 Å². The minimum atomic E-state index is -4.33. The number of aliphatic imine (C=N–C) groups is 1. The fourth-order valence-corrected chi connectivity index (χ4v) is 3.03. The van der Waals surface area contributed by atoms with E-state index < -0.39 is 18.4 Å². The topological polar surface area (TPSA) is 77.6 Å². The van der Waals surface area contributed by atoms with Crippen LogP contribution in [0.3, 0.4) is 0 Å². The van der Waals surface area contributed by atoms with Crippen molar-refractivity contribution in [3.63, 3.8) is 0 Å². The van der Waals surface area contributed by atoms with Gasteiger partial charge in [-0.3, -0.25) is 10.1 Å². The molecule has 2 unspecified atom stereocenters. The number of amides is 1. The highest BCUT2D eigenvalue weighted by atomic mass is 19.4. The molecule has 0 aromatic heterocycles. The summed E-state index contributed by atoms with van der Waals surface area (Å²) >= 11 is 0. The lowest BCUT2D eigenvalue weighted by Gasteiger charge is -2.26. The Morgan fingerprint density at radius 1 is 1.08 bits per heavy atom. The van der Waals surface area contributed by atoms with Gasteiger partial charge >= 0.3 is 6.18 Å². The minimum Gasteiger partial charge on any atom is -0.351 e. The van der Waals surface area contributed by atoms with Gasteiger partial charge in [0, 0.05) is 17.9 Å². The van der Waals surface area contributed by atoms with E-state index in [2.05, 4.69) is 26.5 Å². The van der Waals surface area contributed by atoms with Crippen LogP contribution >= 0.6 is 0 Å². The van der Waals surface area contributed by atoms with E-state index in [0.717, 1.165) is 32.1 Å². The zero-order valence-corrected chi connectivity index (χ0v) is 15.0. The molecule has 0 aromatic rings. The second kappa shape index (κ2) is 7.90. The van der Waals surface area contributed by atoms with E-state index in [1.54, 1.807) is 0 Å². The summed E-state index contributed by atoms with van der Waals surface area (Å²) in [5.41, 5.74) is 4.36. The van der Waals surface area contributed by atoms with Crippen LogP contribution in [-0.2, 0) is 4.79 Å². The first kappa shape index (κ1) is 20.0. The SMILES string of the molecule is CC(C)(C)N/C(=N\C1CC(C(F)(F)F)NN1)NC(=O)C1CCCCC1. The second-order valence-corrected chi connectivity index (χ2v) is 7.81. The summed E-state index contributed by atoms with van der Waals surface area (Å²) in [4.78, 5) is 16.7. The molecule has 1 heterocycles. The van der Waals surface area contributed by atoms with E-state index in [0.29, 0.717) is 0 Å². The summed E-state index contributed by atoms with van der Waals surface area (Å²) in [5.74, 6) is 0.0389. The molecule has 1 saturated carbocycles. The summed E-state index contributed by atoms with van der Waals surface area (Å²) in [6.07, 6.45) is -0.442. The minimum absolute atomic E-state index is 0.0571. The van der Waals surface area contributed by atoms with Crippen molar-refractivity contribution in [2.45, 2.75) is 83.2 Å². The summed E-state index contributed by atoms with van der Waals surface area (Å²) in [5, 5.41) is 5.85. The average molecular weight is 363 g/mol. The van der Waals surface area contributed by atoms with Crippen molar-refractivity contribution >= 4 is 11.9 Å². The van der Waals surface area contributed by atoms with Gasteiger partial charge in [0.25, 0.3) is 0 Å². The van der Waals surface area contributed by atoms with Gasteiger partial charge in [0.1, 0.15) is 12.2 Å². The Balaban J connectivity index is 2.03. The zero-order valence-electron chi connectivity index (χ0n) is 15.0. The van der Waals surface area contributed by atoms with Gasteiger partial charge in [-0.2, -0.15) is 13.2 Å². The molecule has 2 rings (SSSR count). The Hall–Kier alpha value is -1.35. The third-order valence-electron chi connectivity index (χ3n) is 4.27. The maximum atomic E-state index is 12.8. The highest BCUT2D eigenvalue weighted by Crippen LogP contribution is 2.26. The van der Waals surface area contributed by atoms with Crippen LogP contribution in [0.15, 0.2) is 4.99 Å². The smallest absolute Gasteiger partial charge is 0.351 e. The number of nitrogens with one attached hydrogen (secondary N) is 4. The first-order valence-corrected chi connectivity index (χ1v) is 8.79.